The lowest BCUT2D eigenvalue weighted by Crippen LogP contribution is -2.59. The predicted octanol–water partition coefficient (Wildman–Crippen LogP) is 2.75. The highest BCUT2D eigenvalue weighted by molar-refractivity contribution is 5.87. The van der Waals surface area contributed by atoms with Gasteiger partial charge < -0.3 is 15.3 Å². The molecule has 0 aromatic rings. The fraction of sp³-hybridized carbons (Fsp3) is 0.867. The van der Waals surface area contributed by atoms with Crippen molar-refractivity contribution < 1.29 is 14.7 Å². The number of urea groups is 1. The van der Waals surface area contributed by atoms with E-state index in [1.165, 1.54) is 0 Å². The van der Waals surface area contributed by atoms with Crippen LogP contribution in [0.4, 0.5) is 4.79 Å². The van der Waals surface area contributed by atoms with E-state index < -0.39 is 11.5 Å². The molecule has 114 valence electrons. The van der Waals surface area contributed by atoms with E-state index in [4.69, 9.17) is 0 Å². The number of hydrogen-bond donors (Lipinski definition) is 2. The first-order valence-corrected chi connectivity index (χ1v) is 7.77. The number of carboxylic acids is 1. The number of amides is 2. The summed E-state index contributed by atoms with van der Waals surface area (Å²) in [5.74, 6) is -0.858. The molecular weight excluding hydrogens is 256 g/mol. The predicted molar refractivity (Wildman–Crippen MR) is 76.6 cm³/mol. The maximum Gasteiger partial charge on any atom is 0.329 e. The fourth-order valence-corrected chi connectivity index (χ4v) is 3.78. The molecule has 1 saturated carbocycles. The van der Waals surface area contributed by atoms with Crippen molar-refractivity contribution in [1.29, 1.82) is 0 Å². The highest BCUT2D eigenvalue weighted by atomic mass is 16.4. The standard InChI is InChI=1S/C15H26N2O3/c1-3-7-15(12(18)19)10-6-11-17(15)13(20)16-14(2)8-4-5-9-14/h3-11H2,1-2H3,(H,16,20)(H,18,19). The van der Waals surface area contributed by atoms with Crippen molar-refractivity contribution >= 4 is 12.0 Å². The lowest BCUT2D eigenvalue weighted by atomic mass is 9.90. The first-order valence-electron chi connectivity index (χ1n) is 7.77. The first kappa shape index (κ1) is 15.1. The van der Waals surface area contributed by atoms with Crippen LogP contribution >= 0.6 is 0 Å². The lowest BCUT2D eigenvalue weighted by Gasteiger charge is -2.37. The first-order chi connectivity index (χ1) is 9.43. The molecule has 20 heavy (non-hydrogen) atoms. The maximum absolute atomic E-state index is 12.6. The van der Waals surface area contributed by atoms with Gasteiger partial charge in [0.05, 0.1) is 0 Å². The van der Waals surface area contributed by atoms with E-state index >= 15 is 0 Å². The number of aliphatic carboxylic acids is 1. The van der Waals surface area contributed by atoms with Crippen LogP contribution in [0.2, 0.25) is 0 Å². The minimum absolute atomic E-state index is 0.157. The molecule has 2 N–H and O–H groups in total. The topological polar surface area (TPSA) is 69.6 Å². The normalized spacial score (nSPS) is 28.6. The van der Waals surface area contributed by atoms with Gasteiger partial charge in [-0.05, 0) is 39.0 Å². The number of nitrogens with one attached hydrogen (secondary N) is 1. The van der Waals surface area contributed by atoms with Gasteiger partial charge in [0.15, 0.2) is 0 Å². The van der Waals surface area contributed by atoms with Crippen LogP contribution in [-0.4, -0.2) is 39.6 Å². The van der Waals surface area contributed by atoms with Gasteiger partial charge in [-0.2, -0.15) is 0 Å². The van der Waals surface area contributed by atoms with Crippen LogP contribution in [0.25, 0.3) is 0 Å². The summed E-state index contributed by atoms with van der Waals surface area (Å²) in [5, 5.41) is 12.7. The van der Waals surface area contributed by atoms with E-state index in [0.29, 0.717) is 19.4 Å². The molecule has 0 bridgehead atoms. The zero-order valence-electron chi connectivity index (χ0n) is 12.6. The van der Waals surface area contributed by atoms with Crippen molar-refractivity contribution in [2.75, 3.05) is 6.54 Å². The highest BCUT2D eigenvalue weighted by Crippen LogP contribution is 2.35. The van der Waals surface area contributed by atoms with Gasteiger partial charge in [-0.25, -0.2) is 9.59 Å². The van der Waals surface area contributed by atoms with Crippen LogP contribution in [0.3, 0.4) is 0 Å². The quantitative estimate of drug-likeness (QED) is 0.833. The van der Waals surface area contributed by atoms with Crippen LogP contribution in [0.1, 0.15) is 65.2 Å². The number of carbonyl (C=O) groups is 2. The summed E-state index contributed by atoms with van der Waals surface area (Å²) in [7, 11) is 0. The minimum atomic E-state index is -0.992. The van der Waals surface area contributed by atoms with Gasteiger partial charge in [0.2, 0.25) is 0 Å². The lowest BCUT2D eigenvalue weighted by molar-refractivity contribution is -0.148. The van der Waals surface area contributed by atoms with Crippen molar-refractivity contribution in [1.82, 2.24) is 10.2 Å². The summed E-state index contributed by atoms with van der Waals surface area (Å²) < 4.78 is 0. The van der Waals surface area contributed by atoms with Crippen molar-refractivity contribution in [3.8, 4) is 0 Å². The van der Waals surface area contributed by atoms with Crippen molar-refractivity contribution in [3.05, 3.63) is 0 Å². The fourth-order valence-electron chi connectivity index (χ4n) is 3.78. The van der Waals surface area contributed by atoms with E-state index in [-0.39, 0.29) is 11.6 Å². The van der Waals surface area contributed by atoms with Gasteiger partial charge >= 0.3 is 12.0 Å². The van der Waals surface area contributed by atoms with E-state index in [0.717, 1.165) is 38.5 Å². The van der Waals surface area contributed by atoms with Crippen LogP contribution in [-0.2, 0) is 4.79 Å². The number of carboxylic acid groups (broad SMARTS) is 1. The van der Waals surface area contributed by atoms with Gasteiger partial charge in [-0.3, -0.25) is 0 Å². The Bertz CT molecular complexity index is 391. The summed E-state index contributed by atoms with van der Waals surface area (Å²) in [6.45, 7) is 4.59. The van der Waals surface area contributed by atoms with Crippen LogP contribution in [0.15, 0.2) is 0 Å². The third kappa shape index (κ3) is 2.63. The van der Waals surface area contributed by atoms with Crippen molar-refractivity contribution in [2.24, 2.45) is 0 Å². The maximum atomic E-state index is 12.6. The zero-order chi connectivity index (χ0) is 14.8. The molecule has 1 heterocycles. The molecule has 5 heteroatoms. The molecular formula is C15H26N2O3. The smallest absolute Gasteiger partial charge is 0.329 e. The molecule has 0 aromatic heterocycles. The second kappa shape index (κ2) is 5.62. The summed E-state index contributed by atoms with van der Waals surface area (Å²) in [4.78, 5) is 25.8. The Balaban J connectivity index is 2.12. The molecule has 1 unspecified atom stereocenters. The Morgan fingerprint density at radius 1 is 1.20 bits per heavy atom. The molecule has 2 amide bonds. The molecule has 5 nitrogen and oxygen atoms in total. The van der Waals surface area contributed by atoms with E-state index in [1.807, 2.05) is 6.92 Å². The molecule has 2 aliphatic rings. The average Bonchev–Trinajstić information content (AvgIpc) is 2.97. The molecule has 2 rings (SSSR count). The largest absolute Gasteiger partial charge is 0.479 e. The Morgan fingerprint density at radius 3 is 2.40 bits per heavy atom. The molecule has 1 saturated heterocycles. The molecule has 1 aliphatic carbocycles. The number of likely N-dealkylation sites (tertiary alicyclic amines) is 1. The SMILES string of the molecule is CCCC1(C(=O)O)CCCN1C(=O)NC1(C)CCCC1. The van der Waals surface area contributed by atoms with E-state index in [1.54, 1.807) is 4.90 Å². The molecule has 0 aromatic carbocycles. The van der Waals surface area contributed by atoms with Crippen LogP contribution < -0.4 is 5.32 Å². The summed E-state index contributed by atoms with van der Waals surface area (Å²) >= 11 is 0. The van der Waals surface area contributed by atoms with Crippen LogP contribution in [0, 0.1) is 0 Å². The Kier molecular flexibility index (Phi) is 4.25. The Labute approximate surface area is 120 Å². The van der Waals surface area contributed by atoms with Crippen molar-refractivity contribution in [3.63, 3.8) is 0 Å². The number of carbonyl (C=O) groups excluding carboxylic acids is 1. The van der Waals surface area contributed by atoms with E-state index in [2.05, 4.69) is 12.2 Å². The minimum Gasteiger partial charge on any atom is -0.479 e. The number of rotatable bonds is 4. The van der Waals surface area contributed by atoms with Crippen LogP contribution in [0.5, 0.6) is 0 Å². The Morgan fingerprint density at radius 2 is 1.85 bits per heavy atom. The second-order valence-electron chi connectivity index (χ2n) is 6.54. The van der Waals surface area contributed by atoms with Gasteiger partial charge in [0.1, 0.15) is 5.54 Å². The highest BCUT2D eigenvalue weighted by Gasteiger charge is 2.50. The van der Waals surface area contributed by atoms with Crippen molar-refractivity contribution in [2.45, 2.75) is 76.3 Å². The summed E-state index contributed by atoms with van der Waals surface area (Å²) in [6.07, 6.45) is 6.89. The van der Waals surface area contributed by atoms with E-state index in [9.17, 15) is 14.7 Å². The second-order valence-corrected chi connectivity index (χ2v) is 6.54. The van der Waals surface area contributed by atoms with Gasteiger partial charge in [-0.1, -0.05) is 26.2 Å². The number of hydrogen-bond acceptors (Lipinski definition) is 2. The molecule has 0 spiro atoms. The third-order valence-electron chi connectivity index (χ3n) is 4.91. The molecule has 0 radical (unpaired) electrons. The summed E-state index contributed by atoms with van der Waals surface area (Å²) in [5.41, 5.74) is -1.15. The Hall–Kier alpha value is -1.26. The molecule has 1 aliphatic heterocycles. The molecule has 2 fully saturated rings. The summed E-state index contributed by atoms with van der Waals surface area (Å²) in [6, 6.07) is -0.192. The molecule has 1 atom stereocenters. The van der Waals surface area contributed by atoms with Gasteiger partial charge in [0.25, 0.3) is 0 Å². The number of nitrogens with zero attached hydrogens (tertiary/aromatic N) is 1. The average molecular weight is 282 g/mol. The monoisotopic (exact) mass is 282 g/mol. The van der Waals surface area contributed by atoms with Gasteiger partial charge in [0, 0.05) is 12.1 Å². The third-order valence-corrected chi connectivity index (χ3v) is 4.91. The zero-order valence-corrected chi connectivity index (χ0v) is 12.6. The van der Waals surface area contributed by atoms with Gasteiger partial charge in [-0.15, -0.1) is 0 Å².